The molecule has 0 radical (unpaired) electrons. The van der Waals surface area contributed by atoms with Crippen LogP contribution >= 0.6 is 22.9 Å². The first kappa shape index (κ1) is 14.3. The lowest BCUT2D eigenvalue weighted by Crippen LogP contribution is -2.29. The first-order chi connectivity index (χ1) is 10.2. The average Bonchev–Trinajstić information content (AvgIpc) is 3.10. The Morgan fingerprint density at radius 3 is 3.05 bits per heavy atom. The number of para-hydroxylation sites is 1. The zero-order valence-electron chi connectivity index (χ0n) is 11.4. The second-order valence-electron chi connectivity index (χ2n) is 4.84. The van der Waals surface area contributed by atoms with Crippen LogP contribution in [-0.4, -0.2) is 35.7 Å². The van der Waals surface area contributed by atoms with Gasteiger partial charge in [-0.3, -0.25) is 4.79 Å². The molecule has 7 heteroatoms. The van der Waals surface area contributed by atoms with Crippen molar-refractivity contribution in [2.45, 2.75) is 12.8 Å². The van der Waals surface area contributed by atoms with Gasteiger partial charge in [-0.2, -0.15) is 0 Å². The molecule has 0 spiro atoms. The fourth-order valence-electron chi connectivity index (χ4n) is 2.48. The molecule has 0 aliphatic carbocycles. The maximum absolute atomic E-state index is 11.8. The summed E-state index contributed by atoms with van der Waals surface area (Å²) in [4.78, 5) is 14.1. The molecule has 1 aliphatic heterocycles. The topological polar surface area (TPSA) is 58.1 Å². The minimum absolute atomic E-state index is 0.207. The van der Waals surface area contributed by atoms with E-state index in [1.807, 2.05) is 0 Å². The van der Waals surface area contributed by atoms with Gasteiger partial charge in [-0.1, -0.05) is 29.5 Å². The van der Waals surface area contributed by atoms with E-state index >= 15 is 0 Å². The number of carbonyl (C=O) groups is 1. The number of hydrogen-bond acceptors (Lipinski definition) is 5. The number of hydrogen-bond donors (Lipinski definition) is 1. The second kappa shape index (κ2) is 6.41. The first-order valence-corrected chi connectivity index (χ1v) is 8.03. The molecule has 0 fully saturated rings. The van der Waals surface area contributed by atoms with Crippen LogP contribution < -0.4 is 10.2 Å². The molecule has 1 aromatic carbocycles. The molecule has 0 saturated heterocycles. The molecule has 1 aromatic heterocycles. The van der Waals surface area contributed by atoms with Crippen LogP contribution in [-0.2, 0) is 6.42 Å². The van der Waals surface area contributed by atoms with Crippen molar-refractivity contribution in [2.24, 2.45) is 0 Å². The Morgan fingerprint density at radius 2 is 2.24 bits per heavy atom. The summed E-state index contributed by atoms with van der Waals surface area (Å²) in [6.07, 6.45) is 2.00. The van der Waals surface area contributed by atoms with Crippen molar-refractivity contribution in [3.05, 3.63) is 39.3 Å². The third-order valence-corrected chi connectivity index (χ3v) is 4.49. The minimum Gasteiger partial charge on any atom is -0.371 e. The smallest absolute Gasteiger partial charge is 0.282 e. The van der Waals surface area contributed by atoms with Crippen molar-refractivity contribution in [3.8, 4) is 0 Å². The third-order valence-electron chi connectivity index (χ3n) is 3.47. The van der Waals surface area contributed by atoms with Gasteiger partial charge in [0, 0.05) is 25.3 Å². The van der Waals surface area contributed by atoms with Crippen molar-refractivity contribution in [3.63, 3.8) is 0 Å². The molecular formula is C14H15ClN4OS. The summed E-state index contributed by atoms with van der Waals surface area (Å²) in [6.45, 7) is 2.61. The predicted molar refractivity (Wildman–Crippen MR) is 84.2 cm³/mol. The number of amides is 1. The fourth-order valence-corrected chi connectivity index (χ4v) is 3.23. The Morgan fingerprint density at radius 1 is 1.38 bits per heavy atom. The summed E-state index contributed by atoms with van der Waals surface area (Å²) in [7, 11) is 0. The monoisotopic (exact) mass is 322 g/mol. The lowest BCUT2D eigenvalue weighted by molar-refractivity contribution is 0.0952. The highest BCUT2D eigenvalue weighted by Gasteiger charge is 2.17. The van der Waals surface area contributed by atoms with Crippen molar-refractivity contribution >= 4 is 34.5 Å². The number of halogens is 1. The Kier molecular flexibility index (Phi) is 4.36. The fraction of sp³-hybridized carbons (Fsp3) is 0.357. The predicted octanol–water partition coefficient (Wildman–Crippen LogP) is 2.37. The number of nitrogens with one attached hydrogen (secondary N) is 1. The van der Waals surface area contributed by atoms with Crippen LogP contribution in [0.25, 0.3) is 0 Å². The quantitative estimate of drug-likeness (QED) is 0.859. The van der Waals surface area contributed by atoms with Gasteiger partial charge in [0.15, 0.2) is 0 Å². The van der Waals surface area contributed by atoms with E-state index in [1.165, 1.54) is 11.3 Å². The zero-order chi connectivity index (χ0) is 14.7. The van der Waals surface area contributed by atoms with Gasteiger partial charge in [-0.05, 0) is 36.1 Å². The van der Waals surface area contributed by atoms with Gasteiger partial charge in [0.2, 0.25) is 9.47 Å². The molecule has 0 bridgehead atoms. The summed E-state index contributed by atoms with van der Waals surface area (Å²) in [5, 5.41) is 10.5. The van der Waals surface area contributed by atoms with E-state index in [2.05, 4.69) is 44.7 Å². The van der Waals surface area contributed by atoms with Gasteiger partial charge < -0.3 is 10.2 Å². The number of fused-ring (bicyclic) bond motifs is 1. The standard InChI is InChI=1S/C14H15ClN4OS/c15-14-18-17-13(21-14)12(20)16-7-3-8-19-9-6-10-4-1-2-5-11(10)19/h1-2,4-5H,3,6-9H2,(H,16,20). The number of nitrogens with zero attached hydrogens (tertiary/aromatic N) is 3. The van der Waals surface area contributed by atoms with Crippen LogP contribution in [0.3, 0.4) is 0 Å². The molecule has 1 aliphatic rings. The molecule has 0 saturated carbocycles. The summed E-state index contributed by atoms with van der Waals surface area (Å²) >= 11 is 6.75. The Labute approximate surface area is 131 Å². The van der Waals surface area contributed by atoms with Crippen LogP contribution in [0.5, 0.6) is 0 Å². The molecule has 5 nitrogen and oxygen atoms in total. The Bertz CT molecular complexity index is 645. The van der Waals surface area contributed by atoms with E-state index in [0.717, 1.165) is 37.3 Å². The van der Waals surface area contributed by atoms with E-state index in [9.17, 15) is 4.79 Å². The van der Waals surface area contributed by atoms with E-state index in [0.29, 0.717) is 11.6 Å². The zero-order valence-corrected chi connectivity index (χ0v) is 13.0. The van der Waals surface area contributed by atoms with Crippen LogP contribution in [0.15, 0.2) is 24.3 Å². The van der Waals surface area contributed by atoms with E-state index in [-0.39, 0.29) is 10.4 Å². The summed E-state index contributed by atoms with van der Waals surface area (Å²) in [6, 6.07) is 8.48. The van der Waals surface area contributed by atoms with E-state index in [4.69, 9.17) is 11.6 Å². The highest BCUT2D eigenvalue weighted by atomic mass is 35.5. The highest BCUT2D eigenvalue weighted by molar-refractivity contribution is 7.17. The highest BCUT2D eigenvalue weighted by Crippen LogP contribution is 2.27. The average molecular weight is 323 g/mol. The molecule has 1 amide bonds. The van der Waals surface area contributed by atoms with Crippen molar-refractivity contribution in [2.75, 3.05) is 24.5 Å². The van der Waals surface area contributed by atoms with Crippen LogP contribution in [0.2, 0.25) is 4.47 Å². The summed E-state index contributed by atoms with van der Waals surface area (Å²) < 4.78 is 0.286. The first-order valence-electron chi connectivity index (χ1n) is 6.84. The lowest BCUT2D eigenvalue weighted by atomic mass is 10.2. The molecule has 2 aromatic rings. The van der Waals surface area contributed by atoms with Crippen LogP contribution in [0.4, 0.5) is 5.69 Å². The molecule has 2 heterocycles. The largest absolute Gasteiger partial charge is 0.371 e. The van der Waals surface area contributed by atoms with E-state index < -0.39 is 0 Å². The molecule has 21 heavy (non-hydrogen) atoms. The van der Waals surface area contributed by atoms with Crippen molar-refractivity contribution < 1.29 is 4.79 Å². The molecular weight excluding hydrogens is 308 g/mol. The third kappa shape index (κ3) is 3.33. The Hall–Kier alpha value is -1.66. The van der Waals surface area contributed by atoms with Gasteiger partial charge in [-0.25, -0.2) is 0 Å². The maximum Gasteiger partial charge on any atom is 0.282 e. The SMILES string of the molecule is O=C(NCCCN1CCc2ccccc21)c1nnc(Cl)s1. The summed E-state index contributed by atoms with van der Waals surface area (Å²) in [5.41, 5.74) is 2.73. The molecule has 0 unspecified atom stereocenters. The number of aromatic nitrogens is 2. The van der Waals surface area contributed by atoms with Gasteiger partial charge in [0.1, 0.15) is 0 Å². The number of rotatable bonds is 5. The van der Waals surface area contributed by atoms with Crippen LogP contribution in [0, 0.1) is 0 Å². The molecule has 110 valence electrons. The number of benzene rings is 1. The minimum atomic E-state index is -0.207. The van der Waals surface area contributed by atoms with Gasteiger partial charge in [0.25, 0.3) is 5.91 Å². The molecule has 1 N–H and O–H groups in total. The van der Waals surface area contributed by atoms with Gasteiger partial charge >= 0.3 is 0 Å². The van der Waals surface area contributed by atoms with Crippen LogP contribution in [0.1, 0.15) is 21.8 Å². The van der Waals surface area contributed by atoms with Gasteiger partial charge in [-0.15, -0.1) is 10.2 Å². The lowest BCUT2D eigenvalue weighted by Gasteiger charge is -2.19. The molecule has 0 atom stereocenters. The number of carbonyl (C=O) groups excluding carboxylic acids is 1. The van der Waals surface area contributed by atoms with Gasteiger partial charge in [0.05, 0.1) is 0 Å². The maximum atomic E-state index is 11.8. The summed E-state index contributed by atoms with van der Waals surface area (Å²) in [5.74, 6) is -0.207. The van der Waals surface area contributed by atoms with E-state index in [1.54, 1.807) is 0 Å². The molecule has 3 rings (SSSR count). The normalized spacial score (nSPS) is 13.3. The number of anilines is 1. The second-order valence-corrected chi connectivity index (χ2v) is 6.40. The van der Waals surface area contributed by atoms with Crippen molar-refractivity contribution in [1.82, 2.24) is 15.5 Å². The van der Waals surface area contributed by atoms with Crippen molar-refractivity contribution in [1.29, 1.82) is 0 Å². The Balaban J connectivity index is 1.44.